The fourth-order valence-corrected chi connectivity index (χ4v) is 1.92. The smallest absolute Gasteiger partial charge is 0.255 e. The Labute approximate surface area is 109 Å². The van der Waals surface area contributed by atoms with Gasteiger partial charge in [0.15, 0.2) is 5.78 Å². The van der Waals surface area contributed by atoms with Gasteiger partial charge in [0, 0.05) is 12.5 Å². The van der Waals surface area contributed by atoms with Crippen LogP contribution in [0.15, 0.2) is 18.2 Å². The van der Waals surface area contributed by atoms with Crippen LogP contribution in [0.3, 0.4) is 0 Å². The van der Waals surface area contributed by atoms with Crippen LogP contribution in [0.5, 0.6) is 5.75 Å². The minimum atomic E-state index is -0.926. The predicted molar refractivity (Wildman–Crippen MR) is 64.3 cm³/mol. The Morgan fingerprint density at radius 1 is 1.47 bits per heavy atom. The number of amides is 1. The lowest BCUT2D eigenvalue weighted by atomic mass is 10.0. The summed E-state index contributed by atoms with van der Waals surface area (Å²) in [5.74, 6) is -2.02. The highest BCUT2D eigenvalue weighted by Crippen LogP contribution is 2.21. The van der Waals surface area contributed by atoms with E-state index in [1.54, 1.807) is 0 Å². The summed E-state index contributed by atoms with van der Waals surface area (Å²) in [6.45, 7) is 0.717. The van der Waals surface area contributed by atoms with E-state index >= 15 is 0 Å². The molecule has 1 aliphatic rings. The first-order valence-corrected chi connectivity index (χ1v) is 5.91. The fraction of sp³-hybridized carbons (Fsp3) is 0.385. The first-order chi connectivity index (χ1) is 9.09. The summed E-state index contributed by atoms with van der Waals surface area (Å²) >= 11 is 0. The van der Waals surface area contributed by atoms with E-state index in [1.807, 2.05) is 0 Å². The van der Waals surface area contributed by atoms with Gasteiger partial charge in [0.05, 0.1) is 6.61 Å². The van der Waals surface area contributed by atoms with Crippen LogP contribution < -0.4 is 10.5 Å². The molecule has 0 saturated carbocycles. The number of Topliss-reactive ketones (excluding diaryl/α,β-unsaturated/α-hetero) is 1. The van der Waals surface area contributed by atoms with Gasteiger partial charge in [-0.15, -0.1) is 0 Å². The molecule has 1 amide bonds. The van der Waals surface area contributed by atoms with E-state index in [-0.39, 0.29) is 29.6 Å². The van der Waals surface area contributed by atoms with E-state index in [4.69, 9.17) is 15.2 Å². The zero-order valence-corrected chi connectivity index (χ0v) is 10.2. The largest absolute Gasteiger partial charge is 0.485 e. The van der Waals surface area contributed by atoms with Crippen LogP contribution in [0, 0.1) is 11.7 Å². The third kappa shape index (κ3) is 3.08. The molecule has 1 fully saturated rings. The van der Waals surface area contributed by atoms with Crippen LogP contribution >= 0.6 is 0 Å². The van der Waals surface area contributed by atoms with E-state index in [0.29, 0.717) is 19.6 Å². The Hall–Kier alpha value is -1.95. The number of carbonyl (C=O) groups excluding carboxylic acids is 2. The Balaban J connectivity index is 2.05. The number of hydrogen-bond acceptors (Lipinski definition) is 4. The molecule has 102 valence electrons. The number of benzene rings is 1. The molecule has 6 heteroatoms. The number of ketones is 1. The number of halogens is 1. The van der Waals surface area contributed by atoms with Gasteiger partial charge in [0.1, 0.15) is 23.7 Å². The monoisotopic (exact) mass is 267 g/mol. The standard InChI is InChI=1S/C13H14FNO4/c14-9-2-1-3-11(12(9)13(15)17)19-7-10(16)8-4-5-18-6-8/h1-3,8H,4-7H2,(H2,15,17). The molecule has 0 radical (unpaired) electrons. The average molecular weight is 267 g/mol. The zero-order valence-electron chi connectivity index (χ0n) is 10.2. The molecule has 1 saturated heterocycles. The highest BCUT2D eigenvalue weighted by Gasteiger charge is 2.24. The van der Waals surface area contributed by atoms with E-state index < -0.39 is 11.7 Å². The van der Waals surface area contributed by atoms with Gasteiger partial charge in [-0.05, 0) is 18.6 Å². The maximum atomic E-state index is 13.4. The van der Waals surface area contributed by atoms with Crippen molar-refractivity contribution < 1.29 is 23.5 Å². The number of hydrogen-bond donors (Lipinski definition) is 1. The molecular weight excluding hydrogens is 253 g/mol. The van der Waals surface area contributed by atoms with Crippen LogP contribution in [0.1, 0.15) is 16.8 Å². The van der Waals surface area contributed by atoms with Gasteiger partial charge in [-0.2, -0.15) is 0 Å². The second-order valence-corrected chi connectivity index (χ2v) is 4.29. The number of primary amides is 1. The van der Waals surface area contributed by atoms with Crippen LogP contribution in [0.2, 0.25) is 0 Å². The van der Waals surface area contributed by atoms with E-state index in [2.05, 4.69) is 0 Å². The molecule has 0 aliphatic carbocycles. The summed E-state index contributed by atoms with van der Waals surface area (Å²) < 4.78 is 23.7. The maximum absolute atomic E-state index is 13.4. The van der Waals surface area contributed by atoms with Gasteiger partial charge in [-0.25, -0.2) is 4.39 Å². The third-order valence-electron chi connectivity index (χ3n) is 2.98. The summed E-state index contributed by atoms with van der Waals surface area (Å²) in [6, 6.07) is 3.90. The SMILES string of the molecule is NC(=O)c1c(F)cccc1OCC(=O)C1CCOC1. The van der Waals surface area contributed by atoms with Gasteiger partial charge in [0.25, 0.3) is 5.91 Å². The lowest BCUT2D eigenvalue weighted by molar-refractivity contribution is -0.124. The topological polar surface area (TPSA) is 78.6 Å². The van der Waals surface area contributed by atoms with Crippen molar-refractivity contribution in [1.29, 1.82) is 0 Å². The summed E-state index contributed by atoms with van der Waals surface area (Å²) in [5.41, 5.74) is 4.74. The molecule has 1 aliphatic heterocycles. The molecule has 2 N–H and O–H groups in total. The zero-order chi connectivity index (χ0) is 13.8. The van der Waals surface area contributed by atoms with Crippen molar-refractivity contribution in [2.45, 2.75) is 6.42 Å². The molecule has 5 nitrogen and oxygen atoms in total. The molecule has 1 aromatic carbocycles. The molecule has 1 heterocycles. The molecule has 1 aromatic rings. The lowest BCUT2D eigenvalue weighted by Gasteiger charge is -2.11. The Morgan fingerprint density at radius 2 is 2.26 bits per heavy atom. The number of ether oxygens (including phenoxy) is 2. The van der Waals surface area contributed by atoms with Crippen molar-refractivity contribution in [3.05, 3.63) is 29.6 Å². The Bertz CT molecular complexity index is 497. The quantitative estimate of drug-likeness (QED) is 0.860. The molecule has 0 bridgehead atoms. The highest BCUT2D eigenvalue weighted by atomic mass is 19.1. The van der Waals surface area contributed by atoms with Crippen molar-refractivity contribution in [1.82, 2.24) is 0 Å². The number of rotatable bonds is 5. The number of nitrogens with two attached hydrogens (primary N) is 1. The molecular formula is C13H14FNO4. The van der Waals surface area contributed by atoms with Gasteiger partial charge < -0.3 is 15.2 Å². The maximum Gasteiger partial charge on any atom is 0.255 e. The van der Waals surface area contributed by atoms with Gasteiger partial charge in [0.2, 0.25) is 0 Å². The Morgan fingerprint density at radius 3 is 2.89 bits per heavy atom. The molecule has 1 atom stereocenters. The van der Waals surface area contributed by atoms with Gasteiger partial charge >= 0.3 is 0 Å². The van der Waals surface area contributed by atoms with Crippen molar-refractivity contribution in [3.63, 3.8) is 0 Å². The molecule has 0 spiro atoms. The fourth-order valence-electron chi connectivity index (χ4n) is 1.92. The van der Waals surface area contributed by atoms with Crippen molar-refractivity contribution in [2.24, 2.45) is 11.7 Å². The normalized spacial score (nSPS) is 18.3. The van der Waals surface area contributed by atoms with Crippen molar-refractivity contribution in [2.75, 3.05) is 19.8 Å². The lowest BCUT2D eigenvalue weighted by Crippen LogP contribution is -2.23. The second-order valence-electron chi connectivity index (χ2n) is 4.29. The number of carbonyl (C=O) groups is 2. The summed E-state index contributed by atoms with van der Waals surface area (Å²) in [5, 5.41) is 0. The minimum Gasteiger partial charge on any atom is -0.485 e. The van der Waals surface area contributed by atoms with E-state index in [9.17, 15) is 14.0 Å². The van der Waals surface area contributed by atoms with E-state index in [0.717, 1.165) is 6.07 Å². The Kier molecular flexibility index (Phi) is 4.11. The van der Waals surface area contributed by atoms with E-state index in [1.165, 1.54) is 12.1 Å². The minimum absolute atomic E-state index is 0.0141. The second kappa shape index (κ2) is 5.79. The molecule has 2 rings (SSSR count). The third-order valence-corrected chi connectivity index (χ3v) is 2.98. The van der Waals surface area contributed by atoms with Crippen LogP contribution in [-0.4, -0.2) is 31.5 Å². The average Bonchev–Trinajstić information content (AvgIpc) is 2.89. The first-order valence-electron chi connectivity index (χ1n) is 5.91. The van der Waals surface area contributed by atoms with Crippen LogP contribution in [-0.2, 0) is 9.53 Å². The summed E-state index contributed by atoms with van der Waals surface area (Å²) in [7, 11) is 0. The van der Waals surface area contributed by atoms with Crippen molar-refractivity contribution >= 4 is 11.7 Å². The predicted octanol–water partition coefficient (Wildman–Crippen LogP) is 0.909. The summed E-state index contributed by atoms with van der Waals surface area (Å²) in [6.07, 6.45) is 0.661. The van der Waals surface area contributed by atoms with Crippen LogP contribution in [0.25, 0.3) is 0 Å². The molecule has 0 aromatic heterocycles. The highest BCUT2D eigenvalue weighted by molar-refractivity contribution is 5.96. The molecule has 19 heavy (non-hydrogen) atoms. The first kappa shape index (κ1) is 13.5. The van der Waals surface area contributed by atoms with Crippen LogP contribution in [0.4, 0.5) is 4.39 Å². The van der Waals surface area contributed by atoms with Crippen molar-refractivity contribution in [3.8, 4) is 5.75 Å². The van der Waals surface area contributed by atoms with Gasteiger partial charge in [-0.3, -0.25) is 9.59 Å². The summed E-state index contributed by atoms with van der Waals surface area (Å²) in [4.78, 5) is 22.9. The van der Waals surface area contributed by atoms with Gasteiger partial charge in [-0.1, -0.05) is 6.07 Å². The molecule has 1 unspecified atom stereocenters.